The van der Waals surface area contributed by atoms with Gasteiger partial charge in [-0.2, -0.15) is 5.26 Å². The molecule has 0 aliphatic heterocycles. The second-order valence-electron chi connectivity index (χ2n) is 5.16. The van der Waals surface area contributed by atoms with Crippen molar-refractivity contribution in [1.82, 2.24) is 4.98 Å². The molecular weight excluding hydrogens is 212 g/mol. The molecule has 0 bridgehead atoms. The number of hydrogen-bond acceptors (Lipinski definition) is 4. The van der Waals surface area contributed by atoms with E-state index in [0.29, 0.717) is 12.1 Å². The monoisotopic (exact) mass is 232 g/mol. The summed E-state index contributed by atoms with van der Waals surface area (Å²) in [5, 5.41) is 9.16. The fourth-order valence-electron chi connectivity index (χ4n) is 1.75. The number of nitrogens with two attached hydrogens (primary N) is 1. The highest BCUT2D eigenvalue weighted by molar-refractivity contribution is 5.56. The first kappa shape index (κ1) is 13.5. The lowest BCUT2D eigenvalue weighted by atomic mass is 9.93. The molecule has 0 aliphatic carbocycles. The summed E-state index contributed by atoms with van der Waals surface area (Å²) in [5.41, 5.74) is 7.32. The Balaban J connectivity index is 3.02. The van der Waals surface area contributed by atoms with Gasteiger partial charge >= 0.3 is 0 Å². The number of nitrogens with zero attached hydrogens (tertiary/aromatic N) is 3. The van der Waals surface area contributed by atoms with E-state index in [9.17, 15) is 0 Å². The molecular formula is C13H20N4. The van der Waals surface area contributed by atoms with Gasteiger partial charge in [-0.15, -0.1) is 0 Å². The van der Waals surface area contributed by atoms with Crippen LogP contribution in [0.25, 0.3) is 0 Å². The van der Waals surface area contributed by atoms with Crippen molar-refractivity contribution in [3.8, 4) is 6.07 Å². The summed E-state index contributed by atoms with van der Waals surface area (Å²) in [5.74, 6) is 0.731. The summed E-state index contributed by atoms with van der Waals surface area (Å²) in [4.78, 5) is 6.29. The Bertz CT molecular complexity index is 432. The Labute approximate surface area is 103 Å². The van der Waals surface area contributed by atoms with Crippen molar-refractivity contribution in [2.75, 3.05) is 25.0 Å². The van der Waals surface area contributed by atoms with Crippen LogP contribution in [0.1, 0.15) is 25.0 Å². The van der Waals surface area contributed by atoms with Crippen LogP contribution in [-0.4, -0.2) is 25.1 Å². The number of aryl methyl sites for hydroxylation is 1. The maximum atomic E-state index is 9.16. The van der Waals surface area contributed by atoms with Gasteiger partial charge in [0.1, 0.15) is 11.9 Å². The Morgan fingerprint density at radius 2 is 2.18 bits per heavy atom. The molecule has 0 aliphatic rings. The summed E-state index contributed by atoms with van der Waals surface area (Å²) in [7, 11) is 1.94. The number of pyridine rings is 1. The highest BCUT2D eigenvalue weighted by atomic mass is 15.2. The van der Waals surface area contributed by atoms with Crippen LogP contribution in [0.5, 0.6) is 0 Å². The molecule has 1 rings (SSSR count). The molecule has 1 heterocycles. The maximum absolute atomic E-state index is 9.16. The van der Waals surface area contributed by atoms with E-state index >= 15 is 0 Å². The first-order valence-electron chi connectivity index (χ1n) is 5.68. The molecule has 4 nitrogen and oxygen atoms in total. The largest absolute Gasteiger partial charge is 0.358 e. The molecule has 1 aromatic heterocycles. The summed E-state index contributed by atoms with van der Waals surface area (Å²) in [6.45, 7) is 7.50. The summed E-state index contributed by atoms with van der Waals surface area (Å²) >= 11 is 0. The first-order valence-corrected chi connectivity index (χ1v) is 5.68. The fraction of sp³-hybridized carbons (Fsp3) is 0.538. The van der Waals surface area contributed by atoms with Crippen molar-refractivity contribution in [2.24, 2.45) is 11.1 Å². The fourth-order valence-corrected chi connectivity index (χ4v) is 1.75. The SMILES string of the molecule is Cc1ccnc(N(C)CC(C)(C)CN)c1C#N. The predicted molar refractivity (Wildman–Crippen MR) is 69.8 cm³/mol. The lowest BCUT2D eigenvalue weighted by Gasteiger charge is -2.30. The van der Waals surface area contributed by atoms with Crippen molar-refractivity contribution in [3.05, 3.63) is 23.4 Å². The highest BCUT2D eigenvalue weighted by Crippen LogP contribution is 2.22. The first-order chi connectivity index (χ1) is 7.91. The molecule has 17 heavy (non-hydrogen) atoms. The van der Waals surface area contributed by atoms with Crippen molar-refractivity contribution in [1.29, 1.82) is 5.26 Å². The van der Waals surface area contributed by atoms with Gasteiger partial charge in [-0.25, -0.2) is 4.98 Å². The van der Waals surface area contributed by atoms with Crippen molar-refractivity contribution in [3.63, 3.8) is 0 Å². The third-order valence-corrected chi connectivity index (χ3v) is 2.83. The van der Waals surface area contributed by atoms with Gasteiger partial charge in [-0.3, -0.25) is 0 Å². The predicted octanol–water partition coefficient (Wildman–Crippen LogP) is 1.68. The second kappa shape index (κ2) is 5.15. The van der Waals surface area contributed by atoms with Crippen molar-refractivity contribution < 1.29 is 0 Å². The molecule has 0 aromatic carbocycles. The van der Waals surface area contributed by atoms with Crippen LogP contribution < -0.4 is 10.6 Å². The zero-order valence-corrected chi connectivity index (χ0v) is 11.0. The lowest BCUT2D eigenvalue weighted by Crippen LogP contribution is -2.37. The molecule has 1 aromatic rings. The van der Waals surface area contributed by atoms with Crippen LogP contribution in [-0.2, 0) is 0 Å². The van der Waals surface area contributed by atoms with Crippen LogP contribution in [0, 0.1) is 23.7 Å². The number of anilines is 1. The number of hydrogen-bond donors (Lipinski definition) is 1. The molecule has 2 N–H and O–H groups in total. The van der Waals surface area contributed by atoms with Crippen LogP contribution in [0.3, 0.4) is 0 Å². The molecule has 0 saturated heterocycles. The van der Waals surface area contributed by atoms with Gasteiger partial charge in [0.25, 0.3) is 0 Å². The Morgan fingerprint density at radius 3 is 2.71 bits per heavy atom. The van der Waals surface area contributed by atoms with Gasteiger partial charge in [0, 0.05) is 19.8 Å². The van der Waals surface area contributed by atoms with E-state index in [4.69, 9.17) is 11.0 Å². The van der Waals surface area contributed by atoms with E-state index in [1.54, 1.807) is 6.20 Å². The van der Waals surface area contributed by atoms with Gasteiger partial charge in [0.2, 0.25) is 0 Å². The minimum absolute atomic E-state index is 0.00685. The van der Waals surface area contributed by atoms with Crippen LogP contribution in [0.2, 0.25) is 0 Å². The quantitative estimate of drug-likeness (QED) is 0.857. The van der Waals surface area contributed by atoms with Gasteiger partial charge in [0.15, 0.2) is 0 Å². The van der Waals surface area contributed by atoms with E-state index in [-0.39, 0.29) is 5.41 Å². The minimum atomic E-state index is 0.00685. The van der Waals surface area contributed by atoms with Crippen molar-refractivity contribution >= 4 is 5.82 Å². The third kappa shape index (κ3) is 3.18. The average molecular weight is 232 g/mol. The van der Waals surface area contributed by atoms with E-state index in [1.807, 2.05) is 24.9 Å². The van der Waals surface area contributed by atoms with Gasteiger partial charge in [-0.05, 0) is 30.5 Å². The molecule has 0 radical (unpaired) electrons. The van der Waals surface area contributed by atoms with Crippen LogP contribution >= 0.6 is 0 Å². The van der Waals surface area contributed by atoms with Gasteiger partial charge in [-0.1, -0.05) is 13.8 Å². The molecule has 0 saturated carbocycles. The zero-order valence-electron chi connectivity index (χ0n) is 11.0. The van der Waals surface area contributed by atoms with E-state index in [2.05, 4.69) is 24.9 Å². The Kier molecular flexibility index (Phi) is 4.08. The smallest absolute Gasteiger partial charge is 0.146 e. The molecule has 0 amide bonds. The number of aromatic nitrogens is 1. The van der Waals surface area contributed by atoms with Crippen molar-refractivity contribution in [2.45, 2.75) is 20.8 Å². The Hall–Kier alpha value is -1.60. The number of nitriles is 1. The van der Waals surface area contributed by atoms with E-state index < -0.39 is 0 Å². The molecule has 0 spiro atoms. The van der Waals surface area contributed by atoms with E-state index in [1.165, 1.54) is 0 Å². The lowest BCUT2D eigenvalue weighted by molar-refractivity contribution is 0.384. The number of rotatable bonds is 4. The van der Waals surface area contributed by atoms with Crippen LogP contribution in [0.15, 0.2) is 12.3 Å². The standard InChI is InChI=1S/C13H20N4/c1-10-5-6-16-12(11(10)7-14)17(4)9-13(2,3)8-15/h5-6H,8-9,15H2,1-4H3. The zero-order chi connectivity index (χ0) is 13.1. The summed E-state index contributed by atoms with van der Waals surface area (Å²) < 4.78 is 0. The minimum Gasteiger partial charge on any atom is -0.358 e. The molecule has 92 valence electrons. The maximum Gasteiger partial charge on any atom is 0.146 e. The van der Waals surface area contributed by atoms with E-state index in [0.717, 1.165) is 17.9 Å². The Morgan fingerprint density at radius 1 is 1.53 bits per heavy atom. The second-order valence-corrected chi connectivity index (χ2v) is 5.16. The third-order valence-electron chi connectivity index (χ3n) is 2.83. The van der Waals surface area contributed by atoms with Gasteiger partial charge in [0.05, 0.1) is 5.56 Å². The average Bonchev–Trinajstić information content (AvgIpc) is 2.28. The highest BCUT2D eigenvalue weighted by Gasteiger charge is 2.20. The molecule has 0 unspecified atom stereocenters. The summed E-state index contributed by atoms with van der Waals surface area (Å²) in [6.07, 6.45) is 1.73. The molecule has 0 fully saturated rings. The summed E-state index contributed by atoms with van der Waals surface area (Å²) in [6, 6.07) is 4.06. The van der Waals surface area contributed by atoms with Gasteiger partial charge < -0.3 is 10.6 Å². The van der Waals surface area contributed by atoms with Crippen LogP contribution in [0.4, 0.5) is 5.82 Å². The topological polar surface area (TPSA) is 65.9 Å². The molecule has 4 heteroatoms. The molecule has 0 atom stereocenters. The normalized spacial score (nSPS) is 11.1.